The minimum atomic E-state index is -4.23. The van der Waals surface area contributed by atoms with Gasteiger partial charge < -0.3 is 15.3 Å². The van der Waals surface area contributed by atoms with E-state index in [1.165, 1.54) is 44.9 Å². The van der Waals surface area contributed by atoms with Crippen molar-refractivity contribution in [2.45, 2.75) is 117 Å². The highest BCUT2D eigenvalue weighted by molar-refractivity contribution is 7.80. The number of rotatable bonds is 18. The molecule has 0 radical (unpaired) electrons. The van der Waals surface area contributed by atoms with Crippen LogP contribution < -0.4 is 0 Å². The zero-order valence-electron chi connectivity index (χ0n) is 19.5. The van der Waals surface area contributed by atoms with E-state index in [-0.39, 0.29) is 6.61 Å². The maximum absolute atomic E-state index is 10.2. The van der Waals surface area contributed by atoms with Gasteiger partial charge in [-0.1, -0.05) is 71.6 Å². The van der Waals surface area contributed by atoms with Crippen LogP contribution in [-0.4, -0.2) is 71.3 Å². The molecule has 0 aliphatic rings. The molecule has 3 atom stereocenters. The number of nitrogens with zero attached hydrogens (tertiary/aromatic N) is 1. The Hall–Kier alpha value is -0.290. The summed E-state index contributed by atoms with van der Waals surface area (Å²) in [4.78, 5) is 1.68. The molecule has 0 aliphatic heterocycles. The number of hydrogen-bond acceptors (Lipinski definition) is 7. The van der Waals surface area contributed by atoms with Crippen molar-refractivity contribution in [2.24, 2.45) is 0 Å². The Morgan fingerprint density at radius 2 is 1.17 bits per heavy atom. The summed E-state index contributed by atoms with van der Waals surface area (Å²) in [7, 11) is -4.23. The highest BCUT2D eigenvalue weighted by Crippen LogP contribution is 2.10. The lowest BCUT2D eigenvalue weighted by Gasteiger charge is -2.29. The van der Waals surface area contributed by atoms with Crippen molar-refractivity contribution in [3.63, 3.8) is 0 Å². The molecule has 0 amide bonds. The summed E-state index contributed by atoms with van der Waals surface area (Å²) >= 11 is 0. The molecule has 0 fully saturated rings. The van der Waals surface area contributed by atoms with Gasteiger partial charge >= 0.3 is 10.4 Å². The van der Waals surface area contributed by atoms with E-state index in [1.807, 2.05) is 6.92 Å². The monoisotopic (exact) mass is 457 g/mol. The molecule has 0 spiro atoms. The van der Waals surface area contributed by atoms with Gasteiger partial charge in [-0.05, 0) is 26.7 Å². The molecule has 0 saturated carbocycles. The molecule has 0 bridgehead atoms. The molecule has 184 valence electrons. The van der Waals surface area contributed by atoms with Gasteiger partial charge in [0.1, 0.15) is 6.23 Å². The largest absolute Gasteiger partial charge is 0.397 e. The van der Waals surface area contributed by atoms with Crippen molar-refractivity contribution >= 4 is 10.4 Å². The predicted octanol–water partition coefficient (Wildman–Crippen LogP) is 3.51. The fourth-order valence-corrected chi connectivity index (χ4v) is 3.34. The average Bonchev–Trinajstić information content (AvgIpc) is 2.64. The zero-order chi connectivity index (χ0) is 23.4. The van der Waals surface area contributed by atoms with Gasteiger partial charge in [-0.3, -0.25) is 9.45 Å². The Kier molecular flexibility index (Phi) is 21.9. The van der Waals surface area contributed by atoms with Gasteiger partial charge in [0.2, 0.25) is 0 Å². The smallest absolute Gasteiger partial charge is 0.392 e. The maximum atomic E-state index is 10.2. The highest BCUT2D eigenvalue weighted by atomic mass is 32.3. The van der Waals surface area contributed by atoms with Crippen LogP contribution in [0.25, 0.3) is 0 Å². The van der Waals surface area contributed by atoms with Crippen molar-refractivity contribution in [2.75, 3.05) is 19.7 Å². The first kappa shape index (κ1) is 31.9. The van der Waals surface area contributed by atoms with Crippen LogP contribution in [0.2, 0.25) is 0 Å². The highest BCUT2D eigenvalue weighted by Gasteiger charge is 2.17. The van der Waals surface area contributed by atoms with E-state index >= 15 is 0 Å². The van der Waals surface area contributed by atoms with E-state index in [4.69, 9.17) is 14.8 Å². The Labute approximate surface area is 184 Å². The van der Waals surface area contributed by atoms with Gasteiger partial charge in [-0.2, -0.15) is 8.42 Å². The maximum Gasteiger partial charge on any atom is 0.397 e. The Bertz CT molecular complexity index is 448. The molecule has 0 heterocycles. The Morgan fingerprint density at radius 3 is 1.50 bits per heavy atom. The molecule has 8 nitrogen and oxygen atoms in total. The molecule has 0 aromatic heterocycles. The van der Waals surface area contributed by atoms with Crippen molar-refractivity contribution in [1.29, 1.82) is 0 Å². The van der Waals surface area contributed by atoms with Crippen LogP contribution in [0.1, 0.15) is 98.3 Å². The second kappa shape index (κ2) is 20.6. The van der Waals surface area contributed by atoms with Gasteiger partial charge in [0.15, 0.2) is 0 Å². The van der Waals surface area contributed by atoms with Gasteiger partial charge in [0, 0.05) is 13.1 Å². The Balaban J connectivity index is 0. The second-order valence-electron chi connectivity index (χ2n) is 7.97. The van der Waals surface area contributed by atoms with Crippen molar-refractivity contribution in [3.8, 4) is 0 Å². The second-order valence-corrected chi connectivity index (χ2v) is 9.06. The van der Waals surface area contributed by atoms with Crippen molar-refractivity contribution in [1.82, 2.24) is 4.90 Å². The number of hydrogen-bond donors (Lipinski definition) is 4. The third kappa shape index (κ3) is 25.7. The summed E-state index contributed by atoms with van der Waals surface area (Å²) in [6.45, 7) is 8.28. The first-order valence-corrected chi connectivity index (χ1v) is 12.8. The fourth-order valence-electron chi connectivity index (χ4n) is 3.01. The van der Waals surface area contributed by atoms with Gasteiger partial charge in [0.05, 0.1) is 18.8 Å². The van der Waals surface area contributed by atoms with Crippen LogP contribution in [0.5, 0.6) is 0 Å². The number of unbranched alkanes of at least 4 members (excludes halogenated alkanes) is 9. The molecule has 0 rings (SSSR count). The molecular formula is C21H47NO7S. The number of aliphatic hydroxyl groups is 3. The van der Waals surface area contributed by atoms with E-state index in [1.54, 1.807) is 18.7 Å². The van der Waals surface area contributed by atoms with Crippen molar-refractivity contribution < 1.29 is 32.5 Å². The molecule has 0 aromatic rings. The van der Waals surface area contributed by atoms with Crippen molar-refractivity contribution in [3.05, 3.63) is 0 Å². The molecular weight excluding hydrogens is 410 g/mol. The van der Waals surface area contributed by atoms with E-state index in [0.717, 1.165) is 12.8 Å². The summed E-state index contributed by atoms with van der Waals surface area (Å²) in [6.07, 6.45) is 10.9. The standard InChI is InChI=1S/C12H26O4S.C9H21NO3/c1-2-3-4-5-6-7-8-9-10-11-12-16-17(13,14)15;1-4-9(13)10(5-7(2)11)6-8(3)12/h2-12H2,1H3,(H,13,14,15);7-9,11-13H,4-6H2,1-3H3. The lowest BCUT2D eigenvalue weighted by Crippen LogP contribution is -2.43. The molecule has 30 heavy (non-hydrogen) atoms. The minimum Gasteiger partial charge on any atom is -0.392 e. The molecule has 0 aliphatic carbocycles. The number of aliphatic hydroxyl groups excluding tert-OH is 3. The third-order valence-corrected chi connectivity index (χ3v) is 4.98. The summed E-state index contributed by atoms with van der Waals surface area (Å²) < 4.78 is 33.0. The quantitative estimate of drug-likeness (QED) is 0.140. The normalized spacial score (nSPS) is 14.8. The minimum absolute atomic E-state index is 0.0926. The van der Waals surface area contributed by atoms with E-state index < -0.39 is 28.8 Å². The summed E-state index contributed by atoms with van der Waals surface area (Å²) in [6, 6.07) is 0. The van der Waals surface area contributed by atoms with E-state index in [0.29, 0.717) is 25.9 Å². The van der Waals surface area contributed by atoms with E-state index in [9.17, 15) is 13.5 Å². The molecule has 9 heteroatoms. The summed E-state index contributed by atoms with van der Waals surface area (Å²) in [5.41, 5.74) is 0. The third-order valence-electron chi connectivity index (χ3n) is 4.51. The van der Waals surface area contributed by atoms with Gasteiger partial charge in [-0.25, -0.2) is 4.18 Å². The van der Waals surface area contributed by atoms with Crippen LogP contribution in [0.4, 0.5) is 0 Å². The predicted molar refractivity (Wildman–Crippen MR) is 121 cm³/mol. The molecule has 3 unspecified atom stereocenters. The van der Waals surface area contributed by atoms with Crippen LogP contribution >= 0.6 is 0 Å². The van der Waals surface area contributed by atoms with Crippen LogP contribution in [0, 0.1) is 0 Å². The first-order chi connectivity index (χ1) is 14.0. The van der Waals surface area contributed by atoms with E-state index in [2.05, 4.69) is 11.1 Å². The Morgan fingerprint density at radius 1 is 0.767 bits per heavy atom. The van der Waals surface area contributed by atoms with Gasteiger partial charge in [-0.15, -0.1) is 0 Å². The van der Waals surface area contributed by atoms with Crippen LogP contribution in [0.15, 0.2) is 0 Å². The summed E-state index contributed by atoms with van der Waals surface area (Å²) in [5, 5.41) is 27.8. The molecule has 4 N–H and O–H groups in total. The average molecular weight is 458 g/mol. The summed E-state index contributed by atoms with van der Waals surface area (Å²) in [5.74, 6) is 0. The first-order valence-electron chi connectivity index (χ1n) is 11.4. The van der Waals surface area contributed by atoms with Gasteiger partial charge in [0.25, 0.3) is 0 Å². The topological polar surface area (TPSA) is 128 Å². The SMILES string of the molecule is CCC(O)N(CC(C)O)CC(C)O.CCCCCCCCCCCCOS(=O)(=O)O. The molecule has 0 saturated heterocycles. The lowest BCUT2D eigenvalue weighted by molar-refractivity contribution is -0.0404. The molecule has 0 aromatic carbocycles. The van der Waals surface area contributed by atoms with Crippen LogP contribution in [0.3, 0.4) is 0 Å². The van der Waals surface area contributed by atoms with Crippen LogP contribution in [-0.2, 0) is 14.6 Å². The lowest BCUT2D eigenvalue weighted by atomic mass is 10.1. The fraction of sp³-hybridized carbons (Fsp3) is 1.00. The zero-order valence-corrected chi connectivity index (χ0v) is 20.3.